The van der Waals surface area contributed by atoms with E-state index in [0.29, 0.717) is 11.6 Å². The average molecular weight is 262 g/mol. The summed E-state index contributed by atoms with van der Waals surface area (Å²) in [6.45, 7) is 0. The summed E-state index contributed by atoms with van der Waals surface area (Å²) in [5, 5.41) is 8.73. The number of anilines is 1. The molecule has 0 aliphatic heterocycles. The Morgan fingerprint density at radius 1 is 1.26 bits per heavy atom. The molecule has 0 spiro atoms. The van der Waals surface area contributed by atoms with Crippen molar-refractivity contribution >= 4 is 5.82 Å². The molecule has 0 amide bonds. The zero-order valence-corrected chi connectivity index (χ0v) is 9.52. The molecule has 3 N–H and O–H groups in total. The van der Waals surface area contributed by atoms with Crippen molar-refractivity contribution < 1.29 is 13.5 Å². The van der Waals surface area contributed by atoms with Gasteiger partial charge in [0.1, 0.15) is 5.75 Å². The van der Waals surface area contributed by atoms with E-state index in [-0.39, 0.29) is 11.6 Å². The van der Waals surface area contributed by atoms with Crippen LogP contribution in [0.15, 0.2) is 30.3 Å². The Morgan fingerprint density at radius 3 is 2.74 bits per heavy atom. The van der Waals surface area contributed by atoms with Crippen LogP contribution in [-0.2, 0) is 0 Å². The molecule has 0 radical (unpaired) electrons. The van der Waals surface area contributed by atoms with Crippen molar-refractivity contribution in [2.45, 2.75) is 0 Å². The smallest absolute Gasteiger partial charge is 0.258 e. The van der Waals surface area contributed by atoms with Crippen LogP contribution in [0.2, 0.25) is 0 Å². The van der Waals surface area contributed by atoms with Gasteiger partial charge in [0.2, 0.25) is 0 Å². The molecule has 0 unspecified atom stereocenters. The normalized spacial score (nSPS) is 9.79. The summed E-state index contributed by atoms with van der Waals surface area (Å²) >= 11 is 0. The Labute approximate surface area is 107 Å². The fourth-order valence-electron chi connectivity index (χ4n) is 1.36. The van der Waals surface area contributed by atoms with Gasteiger partial charge in [0, 0.05) is 6.07 Å². The molecule has 0 aliphatic carbocycles. The predicted molar refractivity (Wildman–Crippen MR) is 63.2 cm³/mol. The molecule has 96 valence electrons. The van der Waals surface area contributed by atoms with Crippen molar-refractivity contribution in [1.29, 1.82) is 5.26 Å². The van der Waals surface area contributed by atoms with Crippen LogP contribution < -0.4 is 16.0 Å². The minimum absolute atomic E-state index is 0.208. The topological polar surface area (TPSA) is 84.0 Å². The van der Waals surface area contributed by atoms with Crippen molar-refractivity contribution in [2.75, 3.05) is 5.43 Å². The van der Waals surface area contributed by atoms with Crippen LogP contribution in [-0.4, -0.2) is 4.98 Å². The van der Waals surface area contributed by atoms with Gasteiger partial charge in [-0.1, -0.05) is 6.07 Å². The van der Waals surface area contributed by atoms with Gasteiger partial charge in [-0.05, 0) is 18.2 Å². The highest BCUT2D eigenvalue weighted by atomic mass is 19.1. The van der Waals surface area contributed by atoms with Gasteiger partial charge in [-0.15, -0.1) is 0 Å². The summed E-state index contributed by atoms with van der Waals surface area (Å²) < 4.78 is 31.8. The van der Waals surface area contributed by atoms with E-state index in [9.17, 15) is 8.78 Å². The molecule has 1 aromatic heterocycles. The molecule has 19 heavy (non-hydrogen) atoms. The molecule has 0 saturated carbocycles. The van der Waals surface area contributed by atoms with Crippen molar-refractivity contribution in [3.05, 3.63) is 47.5 Å². The van der Waals surface area contributed by atoms with Gasteiger partial charge < -0.3 is 10.2 Å². The lowest BCUT2D eigenvalue weighted by Crippen LogP contribution is -2.11. The number of nitrogens with zero attached hydrogens (tertiary/aromatic N) is 2. The van der Waals surface area contributed by atoms with Crippen LogP contribution in [0.3, 0.4) is 0 Å². The maximum absolute atomic E-state index is 13.5. The van der Waals surface area contributed by atoms with Gasteiger partial charge in [0.25, 0.3) is 5.88 Å². The van der Waals surface area contributed by atoms with Gasteiger partial charge in [-0.3, -0.25) is 0 Å². The first-order valence-electron chi connectivity index (χ1n) is 5.14. The number of aromatic nitrogens is 1. The van der Waals surface area contributed by atoms with E-state index in [2.05, 4.69) is 4.98 Å². The Kier molecular flexibility index (Phi) is 3.54. The third-order valence-corrected chi connectivity index (χ3v) is 2.21. The maximum Gasteiger partial charge on any atom is 0.258 e. The third kappa shape index (κ3) is 2.75. The minimum atomic E-state index is -0.973. The largest absolute Gasteiger partial charge is 0.436 e. The van der Waals surface area contributed by atoms with E-state index in [1.165, 1.54) is 12.1 Å². The van der Waals surface area contributed by atoms with Crippen molar-refractivity contribution in [3.63, 3.8) is 0 Å². The highest BCUT2D eigenvalue weighted by Gasteiger charge is 2.13. The molecule has 2 aromatic rings. The van der Waals surface area contributed by atoms with E-state index in [1.807, 2.05) is 11.5 Å². The molecular formula is C12H8F2N4O. The number of benzene rings is 1. The molecule has 1 heterocycles. The zero-order chi connectivity index (χ0) is 13.8. The summed E-state index contributed by atoms with van der Waals surface area (Å²) in [6, 6.07) is 8.56. The molecule has 0 atom stereocenters. The number of nitrogens with two attached hydrogens (primary N) is 1. The summed E-state index contributed by atoms with van der Waals surface area (Å²) in [7, 11) is 0. The van der Waals surface area contributed by atoms with Crippen LogP contribution in [0.5, 0.6) is 11.6 Å². The fraction of sp³-hybridized carbons (Fsp3) is 0. The number of nitriles is 1. The molecule has 0 bridgehead atoms. The van der Waals surface area contributed by atoms with Gasteiger partial charge in [0.05, 0.1) is 11.6 Å². The lowest BCUT2D eigenvalue weighted by atomic mass is 10.2. The second-order valence-electron chi connectivity index (χ2n) is 3.49. The zero-order valence-electron chi connectivity index (χ0n) is 9.52. The summed E-state index contributed by atoms with van der Waals surface area (Å²) in [6.07, 6.45) is 0. The number of halogens is 2. The Bertz CT molecular complexity index is 655. The van der Waals surface area contributed by atoms with E-state index in [0.717, 1.165) is 0 Å². The number of rotatable bonds is 3. The van der Waals surface area contributed by atoms with E-state index >= 15 is 0 Å². The standard InChI is InChI=1S/C12H8F2N4O/c13-9-5-10(14)12(17-11(9)18-16)19-8-3-1-2-7(4-8)6-15/h1-5H,16H2,(H,17,18). The first kappa shape index (κ1) is 12.7. The quantitative estimate of drug-likeness (QED) is 0.655. The van der Waals surface area contributed by atoms with Gasteiger partial charge >= 0.3 is 0 Å². The predicted octanol–water partition coefficient (Wildman–Crippen LogP) is 2.31. The van der Waals surface area contributed by atoms with Crippen LogP contribution in [0.4, 0.5) is 14.6 Å². The molecule has 1 aromatic carbocycles. The number of hydrogen-bond acceptors (Lipinski definition) is 5. The molecule has 0 fully saturated rings. The molecule has 7 heteroatoms. The lowest BCUT2D eigenvalue weighted by Gasteiger charge is -2.08. The molecule has 0 saturated heterocycles. The van der Waals surface area contributed by atoms with Crippen LogP contribution in [0, 0.1) is 23.0 Å². The number of hydrazine groups is 1. The Balaban J connectivity index is 2.35. The van der Waals surface area contributed by atoms with Gasteiger partial charge in [0.15, 0.2) is 17.5 Å². The fourth-order valence-corrected chi connectivity index (χ4v) is 1.36. The van der Waals surface area contributed by atoms with Crippen molar-refractivity contribution in [1.82, 2.24) is 4.98 Å². The first-order valence-corrected chi connectivity index (χ1v) is 5.14. The Morgan fingerprint density at radius 2 is 2.05 bits per heavy atom. The van der Waals surface area contributed by atoms with E-state index in [4.69, 9.17) is 15.8 Å². The highest BCUT2D eigenvalue weighted by molar-refractivity contribution is 5.41. The number of ether oxygens (including phenoxy) is 1. The van der Waals surface area contributed by atoms with Crippen LogP contribution in [0.1, 0.15) is 5.56 Å². The second-order valence-corrected chi connectivity index (χ2v) is 3.49. The molecule has 5 nitrogen and oxygen atoms in total. The third-order valence-electron chi connectivity index (χ3n) is 2.21. The average Bonchev–Trinajstić information content (AvgIpc) is 2.42. The monoisotopic (exact) mass is 262 g/mol. The molecule has 0 aliphatic rings. The maximum atomic E-state index is 13.5. The van der Waals surface area contributed by atoms with Crippen molar-refractivity contribution in [3.8, 4) is 17.7 Å². The minimum Gasteiger partial charge on any atom is -0.436 e. The van der Waals surface area contributed by atoms with Crippen molar-refractivity contribution in [2.24, 2.45) is 5.84 Å². The highest BCUT2D eigenvalue weighted by Crippen LogP contribution is 2.25. The molecule has 2 rings (SSSR count). The summed E-state index contributed by atoms with van der Waals surface area (Å²) in [5.41, 5.74) is 2.33. The SMILES string of the molecule is N#Cc1cccc(Oc2nc(NN)c(F)cc2F)c1. The number of nitrogens with one attached hydrogen (secondary N) is 1. The lowest BCUT2D eigenvalue weighted by molar-refractivity contribution is 0.418. The van der Waals surface area contributed by atoms with Gasteiger partial charge in [-0.25, -0.2) is 14.6 Å². The number of pyridine rings is 1. The van der Waals surface area contributed by atoms with E-state index in [1.54, 1.807) is 12.1 Å². The van der Waals surface area contributed by atoms with Crippen LogP contribution >= 0.6 is 0 Å². The van der Waals surface area contributed by atoms with Gasteiger partial charge in [-0.2, -0.15) is 10.2 Å². The summed E-state index contributed by atoms with van der Waals surface area (Å²) in [5.74, 6) is 2.56. The van der Waals surface area contributed by atoms with E-state index < -0.39 is 17.5 Å². The van der Waals surface area contributed by atoms with Crippen LogP contribution in [0.25, 0.3) is 0 Å². The number of nitrogen functional groups attached to an aromatic ring is 1. The first-order chi connectivity index (χ1) is 9.13. The molecular weight excluding hydrogens is 254 g/mol. The number of hydrogen-bond donors (Lipinski definition) is 2. The summed E-state index contributed by atoms with van der Waals surface area (Å²) in [4.78, 5) is 3.55. The Hall–Kier alpha value is -2.72. The second kappa shape index (κ2) is 5.29.